The van der Waals surface area contributed by atoms with Gasteiger partial charge in [0.1, 0.15) is 0 Å². The zero-order valence-corrected chi connectivity index (χ0v) is 13.9. The number of likely N-dealkylation sites (tertiary alicyclic amines) is 1. The summed E-state index contributed by atoms with van der Waals surface area (Å²) in [6.45, 7) is 4.52. The average Bonchev–Trinajstić information content (AvgIpc) is 2.56. The van der Waals surface area contributed by atoms with Crippen molar-refractivity contribution in [3.8, 4) is 0 Å². The molecule has 0 unspecified atom stereocenters. The Balaban J connectivity index is 1.91. The molecule has 1 aliphatic rings. The summed E-state index contributed by atoms with van der Waals surface area (Å²) >= 11 is 0. The molecule has 0 aliphatic carbocycles. The maximum atomic E-state index is 13.3. The van der Waals surface area contributed by atoms with Crippen LogP contribution in [0.15, 0.2) is 18.2 Å². The lowest BCUT2D eigenvalue weighted by Gasteiger charge is -2.33. The Morgan fingerprint density at radius 1 is 1.21 bits per heavy atom. The van der Waals surface area contributed by atoms with E-state index in [4.69, 9.17) is 5.73 Å². The molecule has 5 nitrogen and oxygen atoms in total. The van der Waals surface area contributed by atoms with Crippen LogP contribution in [0.3, 0.4) is 0 Å². The minimum Gasteiger partial charge on any atom is -0.369 e. The van der Waals surface area contributed by atoms with Crippen LogP contribution >= 0.6 is 0 Å². The second-order valence-corrected chi connectivity index (χ2v) is 6.29. The van der Waals surface area contributed by atoms with E-state index in [-0.39, 0.29) is 23.8 Å². The zero-order valence-electron chi connectivity index (χ0n) is 13.9. The lowest BCUT2D eigenvalue weighted by atomic mass is 9.96. The monoisotopic (exact) mass is 339 g/mol. The standard InChI is InChI=1S/C17H23F2N3O2/c1-10(13-3-4-14(18)15(19)9-13)21-11(2)17(24)22-7-5-12(6-8-22)16(20)23/h3-4,9-12,21H,5-8H2,1-2H3,(H2,20,23)/t10-,11+/m0/s1. The van der Waals surface area contributed by atoms with Gasteiger partial charge in [0.05, 0.1) is 6.04 Å². The number of nitrogens with zero attached hydrogens (tertiary/aromatic N) is 1. The second-order valence-electron chi connectivity index (χ2n) is 6.29. The lowest BCUT2D eigenvalue weighted by molar-refractivity contribution is -0.136. The van der Waals surface area contributed by atoms with Gasteiger partial charge in [0.15, 0.2) is 11.6 Å². The summed E-state index contributed by atoms with van der Waals surface area (Å²) in [5.41, 5.74) is 5.86. The molecule has 0 aromatic heterocycles. The maximum Gasteiger partial charge on any atom is 0.239 e. The van der Waals surface area contributed by atoms with Crippen LogP contribution in [-0.2, 0) is 9.59 Å². The highest BCUT2D eigenvalue weighted by Crippen LogP contribution is 2.19. The van der Waals surface area contributed by atoms with Crippen molar-refractivity contribution >= 4 is 11.8 Å². The Morgan fingerprint density at radius 2 is 1.83 bits per heavy atom. The maximum absolute atomic E-state index is 13.3. The van der Waals surface area contributed by atoms with E-state index in [0.717, 1.165) is 12.1 Å². The molecule has 1 aromatic carbocycles. The molecule has 7 heteroatoms. The number of benzene rings is 1. The molecule has 2 amide bonds. The molecule has 132 valence electrons. The molecule has 1 fully saturated rings. The van der Waals surface area contributed by atoms with Gasteiger partial charge in [-0.25, -0.2) is 8.78 Å². The van der Waals surface area contributed by atoms with Crippen LogP contribution in [0, 0.1) is 17.6 Å². The number of carbonyl (C=O) groups is 2. The second kappa shape index (κ2) is 7.70. The molecule has 24 heavy (non-hydrogen) atoms. The number of nitrogens with two attached hydrogens (primary N) is 1. The van der Waals surface area contributed by atoms with E-state index in [0.29, 0.717) is 31.5 Å². The molecule has 0 bridgehead atoms. The van der Waals surface area contributed by atoms with E-state index in [1.807, 2.05) is 0 Å². The van der Waals surface area contributed by atoms with Crippen molar-refractivity contribution < 1.29 is 18.4 Å². The van der Waals surface area contributed by atoms with Gasteiger partial charge in [-0.15, -0.1) is 0 Å². The van der Waals surface area contributed by atoms with Crippen molar-refractivity contribution in [3.63, 3.8) is 0 Å². The molecular formula is C17H23F2N3O2. The number of hydrogen-bond donors (Lipinski definition) is 2. The van der Waals surface area contributed by atoms with Crippen molar-refractivity contribution in [1.82, 2.24) is 10.2 Å². The quantitative estimate of drug-likeness (QED) is 0.858. The molecule has 0 spiro atoms. The largest absolute Gasteiger partial charge is 0.369 e. The third-order valence-corrected chi connectivity index (χ3v) is 4.52. The first-order valence-electron chi connectivity index (χ1n) is 8.08. The first-order chi connectivity index (χ1) is 11.3. The van der Waals surface area contributed by atoms with Crippen molar-refractivity contribution in [2.24, 2.45) is 11.7 Å². The predicted molar refractivity (Wildman–Crippen MR) is 85.9 cm³/mol. The minimum atomic E-state index is -0.909. The van der Waals surface area contributed by atoms with E-state index in [1.165, 1.54) is 6.07 Å². The molecular weight excluding hydrogens is 316 g/mol. The fraction of sp³-hybridized carbons (Fsp3) is 0.529. The van der Waals surface area contributed by atoms with Crippen molar-refractivity contribution in [1.29, 1.82) is 0 Å². The average molecular weight is 339 g/mol. The van der Waals surface area contributed by atoms with Crippen LogP contribution in [-0.4, -0.2) is 35.8 Å². The van der Waals surface area contributed by atoms with E-state index < -0.39 is 17.7 Å². The number of hydrogen-bond acceptors (Lipinski definition) is 3. The topological polar surface area (TPSA) is 75.4 Å². The van der Waals surface area contributed by atoms with Crippen molar-refractivity contribution in [3.05, 3.63) is 35.4 Å². The molecule has 1 aliphatic heterocycles. The minimum absolute atomic E-state index is 0.0765. The predicted octanol–water partition coefficient (Wildman–Crippen LogP) is 1.73. The van der Waals surface area contributed by atoms with Gasteiger partial charge in [-0.05, 0) is 44.4 Å². The van der Waals surface area contributed by atoms with Gasteiger partial charge >= 0.3 is 0 Å². The third kappa shape index (κ3) is 4.29. The van der Waals surface area contributed by atoms with Gasteiger partial charge in [0, 0.05) is 25.0 Å². The Hall–Kier alpha value is -2.02. The van der Waals surface area contributed by atoms with Gasteiger partial charge in [0.25, 0.3) is 0 Å². The van der Waals surface area contributed by atoms with Crippen molar-refractivity contribution in [2.45, 2.75) is 38.8 Å². The number of rotatable bonds is 5. The highest BCUT2D eigenvalue weighted by atomic mass is 19.2. The first-order valence-corrected chi connectivity index (χ1v) is 8.08. The summed E-state index contributed by atoms with van der Waals surface area (Å²) < 4.78 is 26.3. The van der Waals surface area contributed by atoms with E-state index in [9.17, 15) is 18.4 Å². The summed E-state index contributed by atoms with van der Waals surface area (Å²) in [5.74, 6) is -2.37. The molecule has 1 heterocycles. The van der Waals surface area contributed by atoms with Crippen molar-refractivity contribution in [2.75, 3.05) is 13.1 Å². The number of amides is 2. The van der Waals surface area contributed by atoms with E-state index in [2.05, 4.69) is 5.32 Å². The molecule has 2 atom stereocenters. The van der Waals surface area contributed by atoms with Gasteiger partial charge in [-0.2, -0.15) is 0 Å². The number of carbonyl (C=O) groups excluding carboxylic acids is 2. The van der Waals surface area contributed by atoms with Crippen LogP contribution in [0.2, 0.25) is 0 Å². The highest BCUT2D eigenvalue weighted by Gasteiger charge is 2.28. The van der Waals surface area contributed by atoms with E-state index in [1.54, 1.807) is 18.7 Å². The fourth-order valence-electron chi connectivity index (χ4n) is 2.98. The Morgan fingerprint density at radius 3 is 2.38 bits per heavy atom. The Bertz CT molecular complexity index is 616. The summed E-state index contributed by atoms with van der Waals surface area (Å²) in [5, 5.41) is 3.10. The molecule has 3 N–H and O–H groups in total. The molecule has 1 saturated heterocycles. The number of piperidine rings is 1. The first kappa shape index (κ1) is 18.3. The highest BCUT2D eigenvalue weighted by molar-refractivity contribution is 5.82. The molecule has 0 saturated carbocycles. The Kier molecular flexibility index (Phi) is 5.88. The summed E-state index contributed by atoms with van der Waals surface area (Å²) in [4.78, 5) is 25.3. The zero-order chi connectivity index (χ0) is 17.9. The fourth-order valence-corrected chi connectivity index (χ4v) is 2.98. The molecule has 2 rings (SSSR count). The van der Waals surface area contributed by atoms with Crippen LogP contribution in [0.4, 0.5) is 8.78 Å². The third-order valence-electron chi connectivity index (χ3n) is 4.52. The smallest absolute Gasteiger partial charge is 0.239 e. The lowest BCUT2D eigenvalue weighted by Crippen LogP contribution is -2.49. The summed E-state index contributed by atoms with van der Waals surface area (Å²) in [6.07, 6.45) is 1.15. The summed E-state index contributed by atoms with van der Waals surface area (Å²) in [7, 11) is 0. The van der Waals surface area contributed by atoms with E-state index >= 15 is 0 Å². The van der Waals surface area contributed by atoms with Gasteiger partial charge in [-0.3, -0.25) is 14.9 Å². The van der Waals surface area contributed by atoms with Gasteiger partial charge in [0.2, 0.25) is 11.8 Å². The SMILES string of the molecule is C[C@H](N[C@H](C)C(=O)N1CCC(C(N)=O)CC1)c1ccc(F)c(F)c1. The normalized spacial score (nSPS) is 18.2. The number of nitrogens with one attached hydrogen (secondary N) is 1. The number of primary amides is 1. The number of halogens is 2. The summed E-state index contributed by atoms with van der Waals surface area (Å²) in [6, 6.07) is 2.92. The molecule has 1 aromatic rings. The van der Waals surface area contributed by atoms with Crippen LogP contribution in [0.25, 0.3) is 0 Å². The molecule has 0 radical (unpaired) electrons. The Labute approximate surface area is 140 Å². The van der Waals surface area contributed by atoms with Gasteiger partial charge in [-0.1, -0.05) is 6.07 Å². The van der Waals surface area contributed by atoms with Crippen LogP contribution in [0.5, 0.6) is 0 Å². The van der Waals surface area contributed by atoms with Crippen LogP contribution < -0.4 is 11.1 Å². The van der Waals surface area contributed by atoms with Gasteiger partial charge < -0.3 is 10.6 Å². The van der Waals surface area contributed by atoms with Crippen LogP contribution in [0.1, 0.15) is 38.3 Å².